The summed E-state index contributed by atoms with van der Waals surface area (Å²) in [4.78, 5) is 12.4. The lowest BCUT2D eigenvalue weighted by Crippen LogP contribution is -2.28. The molecule has 0 aliphatic carbocycles. The number of ether oxygens (including phenoxy) is 3. The second kappa shape index (κ2) is 9.86. The topological polar surface area (TPSA) is 56.8 Å². The van der Waals surface area contributed by atoms with Gasteiger partial charge in [-0.1, -0.05) is 18.2 Å². The predicted octanol–water partition coefficient (Wildman–Crippen LogP) is 4.22. The summed E-state index contributed by atoms with van der Waals surface area (Å²) < 4.78 is 16.5. The van der Waals surface area contributed by atoms with Crippen LogP contribution >= 0.6 is 0 Å². The first kappa shape index (κ1) is 20.6. The van der Waals surface area contributed by atoms with Crippen molar-refractivity contribution in [1.82, 2.24) is 5.32 Å². The van der Waals surface area contributed by atoms with Crippen molar-refractivity contribution < 1.29 is 19.0 Å². The minimum absolute atomic E-state index is 0.0288. The molecular formula is C22H29NO4. The standard InChI is InChI=1S/C22H29NO4/c1-6-26-20-11-9-18(14-21(20)27-7-2)16(4)23-22(24)13-17-8-10-19(25-5)15(3)12-17/h8-12,14,16H,6-7,13H2,1-5H3,(H,23,24)/t16-/m1/s1. The lowest BCUT2D eigenvalue weighted by molar-refractivity contribution is -0.121. The molecule has 2 aromatic carbocycles. The highest BCUT2D eigenvalue weighted by molar-refractivity contribution is 5.79. The fraction of sp³-hybridized carbons (Fsp3) is 0.409. The number of hydrogen-bond acceptors (Lipinski definition) is 4. The maximum Gasteiger partial charge on any atom is 0.224 e. The summed E-state index contributed by atoms with van der Waals surface area (Å²) in [5, 5.41) is 3.05. The van der Waals surface area contributed by atoms with E-state index in [2.05, 4.69) is 5.32 Å². The Morgan fingerprint density at radius 1 is 1.00 bits per heavy atom. The van der Waals surface area contributed by atoms with Crippen LogP contribution < -0.4 is 19.5 Å². The molecule has 0 heterocycles. The van der Waals surface area contributed by atoms with E-state index < -0.39 is 0 Å². The number of nitrogens with one attached hydrogen (secondary N) is 1. The zero-order valence-electron chi connectivity index (χ0n) is 16.8. The maximum absolute atomic E-state index is 12.4. The van der Waals surface area contributed by atoms with Gasteiger partial charge in [0.05, 0.1) is 32.8 Å². The highest BCUT2D eigenvalue weighted by Crippen LogP contribution is 2.30. The molecule has 27 heavy (non-hydrogen) atoms. The van der Waals surface area contributed by atoms with Crippen molar-refractivity contribution in [3.63, 3.8) is 0 Å². The average molecular weight is 371 g/mol. The lowest BCUT2D eigenvalue weighted by atomic mass is 10.1. The van der Waals surface area contributed by atoms with Crippen molar-refractivity contribution in [2.75, 3.05) is 20.3 Å². The molecule has 0 fully saturated rings. The first-order valence-electron chi connectivity index (χ1n) is 9.30. The molecule has 5 heteroatoms. The Hall–Kier alpha value is -2.69. The molecule has 0 unspecified atom stereocenters. The number of aryl methyl sites for hydroxylation is 1. The van der Waals surface area contributed by atoms with Gasteiger partial charge in [0.1, 0.15) is 5.75 Å². The first-order valence-corrected chi connectivity index (χ1v) is 9.30. The Labute approximate surface area is 161 Å². The molecule has 1 N–H and O–H groups in total. The molecule has 0 aromatic heterocycles. The number of carbonyl (C=O) groups excluding carboxylic acids is 1. The molecule has 0 aliphatic rings. The molecule has 0 saturated heterocycles. The van der Waals surface area contributed by atoms with E-state index in [1.165, 1.54) is 0 Å². The van der Waals surface area contributed by atoms with Crippen molar-refractivity contribution in [2.45, 2.75) is 40.2 Å². The van der Waals surface area contributed by atoms with Gasteiger partial charge >= 0.3 is 0 Å². The van der Waals surface area contributed by atoms with Crippen LogP contribution in [0.5, 0.6) is 17.2 Å². The highest BCUT2D eigenvalue weighted by atomic mass is 16.5. The van der Waals surface area contributed by atoms with Crippen LogP contribution in [0, 0.1) is 6.92 Å². The van der Waals surface area contributed by atoms with Gasteiger partial charge in [0.15, 0.2) is 11.5 Å². The Kier molecular flexibility index (Phi) is 7.53. The Morgan fingerprint density at radius 3 is 2.30 bits per heavy atom. The van der Waals surface area contributed by atoms with E-state index in [0.717, 1.165) is 28.2 Å². The summed E-state index contributed by atoms with van der Waals surface area (Å²) in [6.45, 7) is 8.94. The van der Waals surface area contributed by atoms with Crippen LogP contribution in [0.15, 0.2) is 36.4 Å². The molecule has 2 aromatic rings. The summed E-state index contributed by atoms with van der Waals surface area (Å²) in [6, 6.07) is 11.4. The third-order valence-corrected chi connectivity index (χ3v) is 4.27. The molecule has 0 aliphatic heterocycles. The number of rotatable bonds is 9. The van der Waals surface area contributed by atoms with Gasteiger partial charge < -0.3 is 19.5 Å². The van der Waals surface area contributed by atoms with Crippen molar-refractivity contribution in [3.05, 3.63) is 53.1 Å². The Bertz CT molecular complexity index is 773. The SMILES string of the molecule is CCOc1ccc([C@@H](C)NC(=O)Cc2ccc(OC)c(C)c2)cc1OCC. The second-order valence-electron chi connectivity index (χ2n) is 6.34. The van der Waals surface area contributed by atoms with Gasteiger partial charge in [-0.3, -0.25) is 4.79 Å². The minimum Gasteiger partial charge on any atom is -0.496 e. The van der Waals surface area contributed by atoms with Crippen LogP contribution in [0.25, 0.3) is 0 Å². The van der Waals surface area contributed by atoms with Crippen LogP contribution in [0.3, 0.4) is 0 Å². The van der Waals surface area contributed by atoms with Crippen molar-refractivity contribution >= 4 is 5.91 Å². The van der Waals surface area contributed by atoms with Crippen molar-refractivity contribution in [2.24, 2.45) is 0 Å². The summed E-state index contributed by atoms with van der Waals surface area (Å²) in [6.07, 6.45) is 0.324. The molecule has 2 rings (SSSR count). The maximum atomic E-state index is 12.4. The molecule has 0 saturated carbocycles. The van der Waals surface area contributed by atoms with Gasteiger partial charge in [-0.25, -0.2) is 0 Å². The van der Waals surface area contributed by atoms with E-state index in [1.807, 2.05) is 64.1 Å². The number of carbonyl (C=O) groups is 1. The number of benzene rings is 2. The third-order valence-electron chi connectivity index (χ3n) is 4.27. The van der Waals surface area contributed by atoms with E-state index in [0.29, 0.717) is 25.4 Å². The lowest BCUT2D eigenvalue weighted by Gasteiger charge is -2.18. The smallest absolute Gasteiger partial charge is 0.224 e. The monoisotopic (exact) mass is 371 g/mol. The minimum atomic E-state index is -0.133. The largest absolute Gasteiger partial charge is 0.496 e. The molecular weight excluding hydrogens is 342 g/mol. The molecule has 0 spiro atoms. The summed E-state index contributed by atoms with van der Waals surface area (Å²) in [7, 11) is 1.64. The number of methoxy groups -OCH3 is 1. The van der Waals surface area contributed by atoms with E-state index in [-0.39, 0.29) is 11.9 Å². The molecule has 146 valence electrons. The highest BCUT2D eigenvalue weighted by Gasteiger charge is 2.14. The quantitative estimate of drug-likeness (QED) is 0.717. The van der Waals surface area contributed by atoms with Gasteiger partial charge in [0.2, 0.25) is 5.91 Å². The molecule has 5 nitrogen and oxygen atoms in total. The van der Waals surface area contributed by atoms with Gasteiger partial charge in [0, 0.05) is 0 Å². The first-order chi connectivity index (χ1) is 13.0. The van der Waals surface area contributed by atoms with Gasteiger partial charge in [-0.2, -0.15) is 0 Å². The van der Waals surface area contributed by atoms with Gasteiger partial charge in [0.25, 0.3) is 0 Å². The van der Waals surface area contributed by atoms with Crippen LogP contribution in [0.2, 0.25) is 0 Å². The van der Waals surface area contributed by atoms with Gasteiger partial charge in [-0.15, -0.1) is 0 Å². The normalized spacial score (nSPS) is 11.6. The number of amides is 1. The van der Waals surface area contributed by atoms with E-state index >= 15 is 0 Å². The van der Waals surface area contributed by atoms with Crippen LogP contribution in [0.1, 0.15) is 43.5 Å². The predicted molar refractivity (Wildman–Crippen MR) is 107 cm³/mol. The van der Waals surface area contributed by atoms with E-state index in [9.17, 15) is 4.79 Å². The molecule has 1 atom stereocenters. The average Bonchev–Trinajstić information content (AvgIpc) is 2.63. The van der Waals surface area contributed by atoms with Crippen LogP contribution in [0.4, 0.5) is 0 Å². The Balaban J connectivity index is 2.05. The van der Waals surface area contributed by atoms with E-state index in [4.69, 9.17) is 14.2 Å². The summed E-state index contributed by atoms with van der Waals surface area (Å²) >= 11 is 0. The van der Waals surface area contributed by atoms with Crippen LogP contribution in [-0.4, -0.2) is 26.2 Å². The zero-order valence-corrected chi connectivity index (χ0v) is 16.8. The van der Waals surface area contributed by atoms with Crippen LogP contribution in [-0.2, 0) is 11.2 Å². The third kappa shape index (κ3) is 5.64. The second-order valence-corrected chi connectivity index (χ2v) is 6.34. The Morgan fingerprint density at radius 2 is 1.67 bits per heavy atom. The summed E-state index contributed by atoms with van der Waals surface area (Å²) in [5.74, 6) is 2.21. The van der Waals surface area contributed by atoms with Gasteiger partial charge in [-0.05, 0) is 62.6 Å². The van der Waals surface area contributed by atoms with E-state index in [1.54, 1.807) is 7.11 Å². The molecule has 0 radical (unpaired) electrons. The molecule has 0 bridgehead atoms. The zero-order chi connectivity index (χ0) is 19.8. The van der Waals surface area contributed by atoms with Crippen molar-refractivity contribution in [1.29, 1.82) is 0 Å². The summed E-state index contributed by atoms with van der Waals surface area (Å²) in [5.41, 5.74) is 2.95. The fourth-order valence-corrected chi connectivity index (χ4v) is 2.95. The fourth-order valence-electron chi connectivity index (χ4n) is 2.95. The molecule has 1 amide bonds. The number of hydrogen-bond donors (Lipinski definition) is 1. The van der Waals surface area contributed by atoms with Crippen molar-refractivity contribution in [3.8, 4) is 17.2 Å².